The average Bonchev–Trinajstić information content (AvgIpc) is 3.72. The fourth-order valence-corrected chi connectivity index (χ4v) is 5.51. The average molecular weight is 647 g/mol. The van der Waals surface area contributed by atoms with Crippen LogP contribution in [0.3, 0.4) is 0 Å². The van der Waals surface area contributed by atoms with Crippen molar-refractivity contribution in [2.24, 2.45) is 5.92 Å². The van der Waals surface area contributed by atoms with Gasteiger partial charge in [0.05, 0.1) is 18.8 Å². The second-order valence-corrected chi connectivity index (χ2v) is 14.0. The molecule has 0 radical (unpaired) electrons. The van der Waals surface area contributed by atoms with Gasteiger partial charge < -0.3 is 24.0 Å². The number of unbranched alkanes of at least 4 members (excludes halogenated alkanes) is 13. The Morgan fingerprint density at radius 3 is 2.02 bits per heavy atom. The number of phosphoric ester groups is 1. The second-order valence-electron chi connectivity index (χ2n) is 12.7. The number of hydrogen-bond donors (Lipinski definition) is 2. The quantitative estimate of drug-likeness (QED) is 0.0258. The largest absolute Gasteiger partial charge is 0.469 e. The Labute approximate surface area is 267 Å². The van der Waals surface area contributed by atoms with E-state index >= 15 is 0 Å². The van der Waals surface area contributed by atoms with Crippen molar-refractivity contribution in [2.75, 3.05) is 13.2 Å². The van der Waals surface area contributed by atoms with Gasteiger partial charge in [-0.1, -0.05) is 116 Å². The predicted octanol–water partition coefficient (Wildman–Crippen LogP) is 8.74. The molecule has 1 aliphatic rings. The van der Waals surface area contributed by atoms with Crippen molar-refractivity contribution in [3.63, 3.8) is 0 Å². The molecule has 0 aromatic heterocycles. The Hall–Kier alpha value is -1.25. The predicted molar refractivity (Wildman–Crippen MR) is 174 cm³/mol. The second kappa shape index (κ2) is 25.9. The van der Waals surface area contributed by atoms with Gasteiger partial charge in [0.15, 0.2) is 6.10 Å². The normalized spacial score (nSPS) is 17.3. The molecular weight excluding hydrogens is 583 g/mol. The molecule has 0 aliphatic carbocycles. The van der Waals surface area contributed by atoms with Crippen LogP contribution in [0.1, 0.15) is 156 Å². The van der Waals surface area contributed by atoms with Crippen molar-refractivity contribution in [1.82, 2.24) is 0 Å². The van der Waals surface area contributed by atoms with Gasteiger partial charge in [-0.2, -0.15) is 0 Å². The zero-order chi connectivity index (χ0) is 32.5. The monoisotopic (exact) mass is 646 g/mol. The lowest BCUT2D eigenvalue weighted by Gasteiger charge is -2.18. The summed E-state index contributed by atoms with van der Waals surface area (Å²) in [4.78, 5) is 42.6. The number of carbonyl (C=O) groups is 2. The molecule has 0 saturated carbocycles. The van der Waals surface area contributed by atoms with Crippen molar-refractivity contribution in [3.05, 3.63) is 12.2 Å². The summed E-state index contributed by atoms with van der Waals surface area (Å²) in [6, 6.07) is 0. The SMILES string of the molecule is CCCCC/C=C\CC1OC1CCCCCCCC(=O)OC[C@H](COP(=O)(O)O)OC(=O)CCCCCCCCCC(C)C. The van der Waals surface area contributed by atoms with E-state index in [9.17, 15) is 14.2 Å². The first-order valence-corrected chi connectivity index (χ1v) is 19.0. The number of carbonyl (C=O) groups excluding carboxylic acids is 2. The lowest BCUT2D eigenvalue weighted by Crippen LogP contribution is -2.29. The van der Waals surface area contributed by atoms with Gasteiger partial charge in [-0.15, -0.1) is 0 Å². The third-order valence-electron chi connectivity index (χ3n) is 7.89. The zero-order valence-corrected chi connectivity index (χ0v) is 28.8. The van der Waals surface area contributed by atoms with Crippen LogP contribution in [0.2, 0.25) is 0 Å². The van der Waals surface area contributed by atoms with Gasteiger partial charge in [0.2, 0.25) is 0 Å². The summed E-state index contributed by atoms with van der Waals surface area (Å²) < 4.78 is 32.0. The summed E-state index contributed by atoms with van der Waals surface area (Å²) in [6.07, 6.45) is 25.5. The summed E-state index contributed by atoms with van der Waals surface area (Å²) in [5.41, 5.74) is 0. The minimum Gasteiger partial charge on any atom is -0.462 e. The van der Waals surface area contributed by atoms with E-state index in [4.69, 9.17) is 24.0 Å². The van der Waals surface area contributed by atoms with Crippen LogP contribution in [0.15, 0.2) is 12.2 Å². The highest BCUT2D eigenvalue weighted by Gasteiger charge is 2.36. The highest BCUT2D eigenvalue weighted by molar-refractivity contribution is 7.46. The third kappa shape index (κ3) is 26.0. The van der Waals surface area contributed by atoms with Crippen LogP contribution in [0, 0.1) is 5.92 Å². The van der Waals surface area contributed by atoms with Crippen molar-refractivity contribution < 1.29 is 42.7 Å². The molecule has 258 valence electrons. The van der Waals surface area contributed by atoms with E-state index in [1.54, 1.807) is 0 Å². The van der Waals surface area contributed by atoms with Crippen LogP contribution in [0.25, 0.3) is 0 Å². The number of rotatable bonds is 30. The van der Waals surface area contributed by atoms with Gasteiger partial charge in [-0.25, -0.2) is 4.57 Å². The zero-order valence-electron chi connectivity index (χ0n) is 27.9. The molecule has 0 spiro atoms. The highest BCUT2D eigenvalue weighted by Crippen LogP contribution is 2.36. The summed E-state index contributed by atoms with van der Waals surface area (Å²) in [5, 5.41) is 0. The molecule has 0 aromatic carbocycles. The first-order chi connectivity index (χ1) is 21.1. The van der Waals surface area contributed by atoms with Crippen molar-refractivity contribution in [1.29, 1.82) is 0 Å². The maximum Gasteiger partial charge on any atom is 0.469 e. The molecule has 1 aliphatic heterocycles. The number of esters is 2. The fraction of sp³-hybridized carbons (Fsp3) is 0.882. The first kappa shape index (κ1) is 40.8. The maximum absolute atomic E-state index is 12.3. The number of epoxide rings is 1. The molecule has 10 heteroatoms. The first-order valence-electron chi connectivity index (χ1n) is 17.5. The molecule has 1 heterocycles. The Morgan fingerprint density at radius 1 is 0.773 bits per heavy atom. The topological polar surface area (TPSA) is 132 Å². The Morgan fingerprint density at radius 2 is 1.39 bits per heavy atom. The van der Waals surface area contributed by atoms with E-state index in [2.05, 4.69) is 37.4 Å². The number of hydrogen-bond acceptors (Lipinski definition) is 7. The molecule has 0 amide bonds. The van der Waals surface area contributed by atoms with Crippen LogP contribution in [0.4, 0.5) is 0 Å². The molecule has 9 nitrogen and oxygen atoms in total. The molecule has 44 heavy (non-hydrogen) atoms. The van der Waals surface area contributed by atoms with Gasteiger partial charge in [0.1, 0.15) is 6.61 Å². The van der Waals surface area contributed by atoms with E-state index in [-0.39, 0.29) is 19.4 Å². The minimum absolute atomic E-state index is 0.206. The van der Waals surface area contributed by atoms with Crippen LogP contribution >= 0.6 is 7.82 Å². The number of phosphoric acid groups is 1. The van der Waals surface area contributed by atoms with Crippen LogP contribution in [0.5, 0.6) is 0 Å². The molecule has 0 bridgehead atoms. The summed E-state index contributed by atoms with van der Waals surface area (Å²) in [7, 11) is -4.75. The van der Waals surface area contributed by atoms with Gasteiger partial charge in [-0.3, -0.25) is 14.1 Å². The van der Waals surface area contributed by atoms with Gasteiger partial charge in [-0.05, 0) is 44.4 Å². The minimum atomic E-state index is -4.75. The van der Waals surface area contributed by atoms with Gasteiger partial charge in [0.25, 0.3) is 0 Å². The highest BCUT2D eigenvalue weighted by atomic mass is 31.2. The fourth-order valence-electron chi connectivity index (χ4n) is 5.15. The summed E-state index contributed by atoms with van der Waals surface area (Å²) >= 11 is 0. The number of allylic oxidation sites excluding steroid dienone is 1. The molecule has 2 N–H and O–H groups in total. The molecule has 2 unspecified atom stereocenters. The number of ether oxygens (including phenoxy) is 3. The van der Waals surface area contributed by atoms with E-state index in [0.29, 0.717) is 25.0 Å². The van der Waals surface area contributed by atoms with E-state index in [1.807, 2.05) is 0 Å². The molecule has 3 atom stereocenters. The molecular formula is C34H63O9P. The van der Waals surface area contributed by atoms with Crippen molar-refractivity contribution >= 4 is 19.8 Å². The van der Waals surface area contributed by atoms with Crippen molar-refractivity contribution in [3.8, 4) is 0 Å². The molecule has 0 aromatic rings. The standard InChI is InChI=1S/C34H63O9P/c1-4-5-6-7-13-18-23-31-32(43-31)24-19-14-11-16-20-25-33(35)40-27-30(28-41-44(37,38)39)42-34(36)26-21-15-10-8-9-12-17-22-29(2)3/h13,18,29-32H,4-12,14-17,19-28H2,1-3H3,(H2,37,38,39)/b18-13-/t30-,31?,32?/m1/s1. The van der Waals surface area contributed by atoms with E-state index < -0.39 is 32.5 Å². The summed E-state index contributed by atoms with van der Waals surface area (Å²) in [6.45, 7) is 5.87. The smallest absolute Gasteiger partial charge is 0.462 e. The van der Waals surface area contributed by atoms with Crippen LogP contribution < -0.4 is 0 Å². The Bertz CT molecular complexity index is 811. The molecule has 1 rings (SSSR count). The lowest BCUT2D eigenvalue weighted by molar-refractivity contribution is -0.161. The van der Waals surface area contributed by atoms with E-state index in [0.717, 1.165) is 70.1 Å². The van der Waals surface area contributed by atoms with Crippen LogP contribution in [-0.4, -0.2) is 53.3 Å². The van der Waals surface area contributed by atoms with Gasteiger partial charge >= 0.3 is 19.8 Å². The van der Waals surface area contributed by atoms with Gasteiger partial charge in [0, 0.05) is 12.8 Å². The third-order valence-corrected chi connectivity index (χ3v) is 8.37. The Balaban J connectivity index is 2.12. The lowest BCUT2D eigenvalue weighted by atomic mass is 10.0. The maximum atomic E-state index is 12.3. The molecule has 1 fully saturated rings. The van der Waals surface area contributed by atoms with Crippen molar-refractivity contribution in [2.45, 2.75) is 174 Å². The Kier molecular flexibility index (Phi) is 24.0. The summed E-state index contributed by atoms with van der Waals surface area (Å²) in [5.74, 6) is -0.161. The molecule has 1 saturated heterocycles. The van der Waals surface area contributed by atoms with E-state index in [1.165, 1.54) is 44.9 Å². The van der Waals surface area contributed by atoms with Crippen LogP contribution in [-0.2, 0) is 32.9 Å².